The molecular formula is C25H23F3N6O3. The van der Waals surface area contributed by atoms with Gasteiger partial charge in [0.2, 0.25) is 17.6 Å². The Balaban J connectivity index is 1.26. The summed E-state index contributed by atoms with van der Waals surface area (Å²) in [6, 6.07) is 9.49. The molecule has 192 valence electrons. The molecule has 1 aliphatic rings. The summed E-state index contributed by atoms with van der Waals surface area (Å²) in [5.41, 5.74) is 1.88. The van der Waals surface area contributed by atoms with Gasteiger partial charge < -0.3 is 14.2 Å². The molecule has 1 saturated heterocycles. The van der Waals surface area contributed by atoms with Crippen LogP contribution in [0.3, 0.4) is 0 Å². The molecule has 0 spiro atoms. The molecule has 5 rings (SSSR count). The summed E-state index contributed by atoms with van der Waals surface area (Å²) in [5.74, 6) is 0.752. The molecular weight excluding hydrogens is 489 g/mol. The van der Waals surface area contributed by atoms with Crippen molar-refractivity contribution in [1.82, 2.24) is 29.8 Å². The Kier molecular flexibility index (Phi) is 6.64. The first-order chi connectivity index (χ1) is 17.8. The van der Waals surface area contributed by atoms with E-state index in [4.69, 9.17) is 9.26 Å². The Morgan fingerprint density at radius 3 is 2.51 bits per heavy atom. The van der Waals surface area contributed by atoms with Gasteiger partial charge in [-0.3, -0.25) is 9.48 Å². The molecule has 12 heteroatoms. The van der Waals surface area contributed by atoms with E-state index in [0.29, 0.717) is 23.5 Å². The number of carbonyl (C=O) groups is 1. The maximum atomic E-state index is 12.7. The van der Waals surface area contributed by atoms with Crippen LogP contribution in [0.2, 0.25) is 0 Å². The molecule has 0 unspecified atom stereocenters. The minimum absolute atomic E-state index is 0.0261. The van der Waals surface area contributed by atoms with Gasteiger partial charge in [0.05, 0.1) is 29.4 Å². The highest BCUT2D eigenvalue weighted by atomic mass is 19.4. The topological polar surface area (TPSA) is 99.2 Å². The molecule has 37 heavy (non-hydrogen) atoms. The van der Waals surface area contributed by atoms with Crippen LogP contribution in [0.15, 0.2) is 53.3 Å². The third-order valence-corrected chi connectivity index (χ3v) is 6.16. The summed E-state index contributed by atoms with van der Waals surface area (Å²) in [5, 5.41) is 8.27. The van der Waals surface area contributed by atoms with E-state index in [1.807, 2.05) is 29.2 Å². The molecule has 3 aromatic heterocycles. The zero-order valence-electron chi connectivity index (χ0n) is 19.9. The van der Waals surface area contributed by atoms with E-state index in [2.05, 4.69) is 20.2 Å². The number of aromatic nitrogens is 5. The molecule has 0 atom stereocenters. The number of aryl methyl sites for hydroxylation is 1. The average molecular weight is 512 g/mol. The Morgan fingerprint density at radius 2 is 1.84 bits per heavy atom. The standard InChI is InChI=1S/C25H23F3N6O3/c1-33-20(15-36-21-9-8-18(13-29-21)25(26,27)28)19(14-30-33)24-31-23(32-37-24)17-6-4-16(5-7-17)12-22(35)34-10-2-3-11-34/h4-9,13-14H,2-3,10-12,15H2,1H3. The third kappa shape index (κ3) is 5.47. The Morgan fingerprint density at radius 1 is 1.08 bits per heavy atom. The smallest absolute Gasteiger partial charge is 0.417 e. The lowest BCUT2D eigenvalue weighted by Crippen LogP contribution is -2.29. The fourth-order valence-electron chi connectivity index (χ4n) is 4.06. The molecule has 1 aliphatic heterocycles. The van der Waals surface area contributed by atoms with Crippen LogP contribution in [-0.4, -0.2) is 48.8 Å². The van der Waals surface area contributed by atoms with Gasteiger partial charge in [0, 0.05) is 38.0 Å². The number of hydrogen-bond donors (Lipinski definition) is 0. The number of pyridine rings is 1. The number of alkyl halides is 3. The van der Waals surface area contributed by atoms with Gasteiger partial charge >= 0.3 is 6.18 Å². The number of likely N-dealkylation sites (tertiary alicyclic amines) is 1. The van der Waals surface area contributed by atoms with Crippen LogP contribution < -0.4 is 4.74 Å². The average Bonchev–Trinajstić information content (AvgIpc) is 3.64. The van der Waals surface area contributed by atoms with Crippen LogP contribution in [-0.2, 0) is 31.0 Å². The lowest BCUT2D eigenvalue weighted by atomic mass is 10.1. The van der Waals surface area contributed by atoms with Crippen molar-refractivity contribution < 1.29 is 27.2 Å². The van der Waals surface area contributed by atoms with Gasteiger partial charge in [-0.15, -0.1) is 0 Å². The number of carbonyl (C=O) groups excluding carboxylic acids is 1. The number of hydrogen-bond acceptors (Lipinski definition) is 7. The summed E-state index contributed by atoms with van der Waals surface area (Å²) in [6.45, 7) is 1.62. The maximum absolute atomic E-state index is 12.7. The quantitative estimate of drug-likeness (QED) is 0.364. The van der Waals surface area contributed by atoms with Gasteiger partial charge in [-0.1, -0.05) is 29.4 Å². The fraction of sp³-hybridized carbons (Fsp3) is 0.320. The summed E-state index contributed by atoms with van der Waals surface area (Å²) in [6.07, 6.45) is 0.260. The van der Waals surface area contributed by atoms with E-state index in [0.717, 1.165) is 55.4 Å². The normalized spacial score (nSPS) is 13.8. The number of nitrogens with zero attached hydrogens (tertiary/aromatic N) is 6. The van der Waals surface area contributed by atoms with Crippen LogP contribution in [0.1, 0.15) is 29.7 Å². The maximum Gasteiger partial charge on any atom is 0.417 e. The van der Waals surface area contributed by atoms with Crippen LogP contribution >= 0.6 is 0 Å². The number of halogens is 3. The molecule has 1 aromatic carbocycles. The largest absolute Gasteiger partial charge is 0.471 e. The summed E-state index contributed by atoms with van der Waals surface area (Å²) in [4.78, 5) is 22.5. The highest BCUT2D eigenvalue weighted by molar-refractivity contribution is 5.79. The fourth-order valence-corrected chi connectivity index (χ4v) is 4.06. The van der Waals surface area contributed by atoms with Crippen LogP contribution in [0.4, 0.5) is 13.2 Å². The second-order valence-corrected chi connectivity index (χ2v) is 8.68. The molecule has 4 heterocycles. The molecule has 0 aliphatic carbocycles. The lowest BCUT2D eigenvalue weighted by Gasteiger charge is -2.15. The van der Waals surface area contributed by atoms with E-state index in [1.165, 1.54) is 0 Å². The van der Waals surface area contributed by atoms with Gasteiger partial charge in [-0.05, 0) is 24.5 Å². The Bertz CT molecular complexity index is 1370. The molecule has 9 nitrogen and oxygen atoms in total. The van der Waals surface area contributed by atoms with Gasteiger partial charge in [0.1, 0.15) is 6.61 Å². The molecule has 0 N–H and O–H groups in total. The second kappa shape index (κ2) is 10.0. The first-order valence-electron chi connectivity index (χ1n) is 11.7. The van der Waals surface area contributed by atoms with Gasteiger partial charge in [-0.25, -0.2) is 4.98 Å². The second-order valence-electron chi connectivity index (χ2n) is 8.68. The van der Waals surface area contributed by atoms with Gasteiger partial charge in [-0.2, -0.15) is 23.3 Å². The Labute approximate surface area is 209 Å². The molecule has 1 amide bonds. The summed E-state index contributed by atoms with van der Waals surface area (Å²) in [7, 11) is 1.70. The van der Waals surface area contributed by atoms with Gasteiger partial charge in [0.15, 0.2) is 0 Å². The van der Waals surface area contributed by atoms with Gasteiger partial charge in [0.25, 0.3) is 5.89 Å². The van der Waals surface area contributed by atoms with Crippen molar-refractivity contribution >= 4 is 5.91 Å². The van der Waals surface area contributed by atoms with E-state index >= 15 is 0 Å². The minimum Gasteiger partial charge on any atom is -0.471 e. The van der Waals surface area contributed by atoms with Crippen molar-refractivity contribution in [2.24, 2.45) is 7.05 Å². The zero-order chi connectivity index (χ0) is 26.0. The first kappa shape index (κ1) is 24.5. The van der Waals surface area contributed by atoms with Crippen molar-refractivity contribution in [2.45, 2.75) is 32.0 Å². The number of amides is 1. The van der Waals surface area contributed by atoms with Crippen LogP contribution in [0.5, 0.6) is 5.88 Å². The van der Waals surface area contributed by atoms with Crippen molar-refractivity contribution in [3.05, 3.63) is 65.6 Å². The summed E-state index contributed by atoms with van der Waals surface area (Å²) < 4.78 is 50.8. The molecule has 4 aromatic rings. The number of rotatable bonds is 7. The minimum atomic E-state index is -4.47. The molecule has 0 radical (unpaired) electrons. The Hall–Kier alpha value is -4.22. The first-order valence-corrected chi connectivity index (χ1v) is 11.7. The number of ether oxygens (including phenoxy) is 1. The summed E-state index contributed by atoms with van der Waals surface area (Å²) >= 11 is 0. The monoisotopic (exact) mass is 512 g/mol. The number of benzene rings is 1. The third-order valence-electron chi connectivity index (χ3n) is 6.16. The lowest BCUT2D eigenvalue weighted by molar-refractivity contribution is -0.137. The van der Waals surface area contributed by atoms with Crippen molar-refractivity contribution in [3.8, 4) is 28.7 Å². The van der Waals surface area contributed by atoms with Crippen molar-refractivity contribution in [2.75, 3.05) is 13.1 Å². The van der Waals surface area contributed by atoms with Crippen LogP contribution in [0.25, 0.3) is 22.8 Å². The predicted molar refractivity (Wildman–Crippen MR) is 125 cm³/mol. The SMILES string of the molecule is Cn1ncc(-c2nc(-c3ccc(CC(=O)N4CCCC4)cc3)no2)c1COc1ccc(C(F)(F)F)cn1. The zero-order valence-corrected chi connectivity index (χ0v) is 19.9. The molecule has 1 fully saturated rings. The molecule has 0 saturated carbocycles. The van der Waals surface area contributed by atoms with Crippen molar-refractivity contribution in [1.29, 1.82) is 0 Å². The van der Waals surface area contributed by atoms with E-state index in [-0.39, 0.29) is 24.3 Å². The van der Waals surface area contributed by atoms with E-state index < -0.39 is 11.7 Å². The highest BCUT2D eigenvalue weighted by Crippen LogP contribution is 2.30. The predicted octanol–water partition coefficient (Wildman–Crippen LogP) is 4.29. The highest BCUT2D eigenvalue weighted by Gasteiger charge is 2.30. The van der Waals surface area contributed by atoms with E-state index in [9.17, 15) is 18.0 Å². The van der Waals surface area contributed by atoms with Crippen LogP contribution in [0, 0.1) is 0 Å². The van der Waals surface area contributed by atoms with Crippen molar-refractivity contribution in [3.63, 3.8) is 0 Å². The van der Waals surface area contributed by atoms with E-state index in [1.54, 1.807) is 17.9 Å². The molecule has 0 bridgehead atoms.